The van der Waals surface area contributed by atoms with Crippen molar-refractivity contribution in [2.24, 2.45) is 11.7 Å². The molecule has 1 amide bonds. The minimum Gasteiger partial charge on any atom is -0.326 e. The van der Waals surface area contributed by atoms with Gasteiger partial charge in [-0.05, 0) is 35.6 Å². The van der Waals surface area contributed by atoms with Gasteiger partial charge in [-0.3, -0.25) is 4.79 Å². The summed E-state index contributed by atoms with van der Waals surface area (Å²) in [5.74, 6) is 0.421. The highest BCUT2D eigenvalue weighted by atomic mass is 79.9. The Hall–Kier alpha value is -0.870. The second kappa shape index (κ2) is 4.78. The van der Waals surface area contributed by atoms with Crippen molar-refractivity contribution in [3.8, 4) is 0 Å². The number of amides is 1. The van der Waals surface area contributed by atoms with Crippen LogP contribution >= 0.6 is 15.9 Å². The number of rotatable bonds is 2. The van der Waals surface area contributed by atoms with Gasteiger partial charge in [0.05, 0.1) is 0 Å². The molecule has 1 aromatic carbocycles. The highest BCUT2D eigenvalue weighted by Gasteiger charge is 2.22. The van der Waals surface area contributed by atoms with Gasteiger partial charge in [0, 0.05) is 22.6 Å². The Labute approximate surface area is 110 Å². The monoisotopic (exact) mass is 296 g/mol. The first kappa shape index (κ1) is 12.6. The summed E-state index contributed by atoms with van der Waals surface area (Å²) in [7, 11) is 0. The molecule has 0 aliphatic carbocycles. The van der Waals surface area contributed by atoms with E-state index in [9.17, 15) is 4.79 Å². The standard InChI is InChI=1S/C13H17BrN2O/c1-7(2)12(15)10-6-9(14)5-8-3-4-11(17)16-13(8)10/h5-7,12H,3-4,15H2,1-2H3,(H,16,17). The van der Waals surface area contributed by atoms with Gasteiger partial charge >= 0.3 is 0 Å². The van der Waals surface area contributed by atoms with Crippen molar-refractivity contribution in [1.82, 2.24) is 0 Å². The number of aryl methyl sites for hydroxylation is 1. The van der Waals surface area contributed by atoms with Crippen molar-refractivity contribution in [2.45, 2.75) is 32.7 Å². The molecule has 2 rings (SSSR count). The summed E-state index contributed by atoms with van der Waals surface area (Å²) in [6.45, 7) is 4.17. The molecule has 1 atom stereocenters. The van der Waals surface area contributed by atoms with Gasteiger partial charge in [0.25, 0.3) is 0 Å². The smallest absolute Gasteiger partial charge is 0.224 e. The number of anilines is 1. The van der Waals surface area contributed by atoms with Crippen molar-refractivity contribution in [3.05, 3.63) is 27.7 Å². The predicted octanol–water partition coefficient (Wildman–Crippen LogP) is 2.99. The predicted molar refractivity (Wildman–Crippen MR) is 72.9 cm³/mol. The van der Waals surface area contributed by atoms with Crippen LogP contribution in [0.1, 0.15) is 37.4 Å². The molecule has 92 valence electrons. The fraction of sp³-hybridized carbons (Fsp3) is 0.462. The van der Waals surface area contributed by atoms with Gasteiger partial charge in [0.2, 0.25) is 5.91 Å². The highest BCUT2D eigenvalue weighted by Crippen LogP contribution is 2.35. The minimum atomic E-state index is -0.0559. The molecule has 3 N–H and O–H groups in total. The summed E-state index contributed by atoms with van der Waals surface area (Å²) in [6.07, 6.45) is 1.35. The molecule has 1 aliphatic rings. The Kier molecular flexibility index (Phi) is 3.54. The molecule has 0 spiro atoms. The number of carbonyl (C=O) groups excluding carboxylic acids is 1. The molecule has 1 aliphatic heterocycles. The van der Waals surface area contributed by atoms with Crippen LogP contribution in [-0.2, 0) is 11.2 Å². The van der Waals surface area contributed by atoms with Crippen LogP contribution in [0.25, 0.3) is 0 Å². The van der Waals surface area contributed by atoms with Gasteiger partial charge in [0.15, 0.2) is 0 Å². The molecule has 17 heavy (non-hydrogen) atoms. The van der Waals surface area contributed by atoms with E-state index in [1.54, 1.807) is 0 Å². The quantitative estimate of drug-likeness (QED) is 0.881. The molecule has 0 fully saturated rings. The van der Waals surface area contributed by atoms with Crippen molar-refractivity contribution in [3.63, 3.8) is 0 Å². The van der Waals surface area contributed by atoms with Crippen LogP contribution in [0.5, 0.6) is 0 Å². The number of carbonyl (C=O) groups is 1. The third-order valence-corrected chi connectivity index (χ3v) is 3.64. The summed E-state index contributed by atoms with van der Waals surface area (Å²) in [6, 6.07) is 4.01. The lowest BCUT2D eigenvalue weighted by Gasteiger charge is -2.25. The molecule has 1 heterocycles. The van der Waals surface area contributed by atoms with E-state index in [0.717, 1.165) is 22.1 Å². The normalized spacial score (nSPS) is 16.6. The number of hydrogen-bond acceptors (Lipinski definition) is 2. The maximum absolute atomic E-state index is 11.5. The van der Waals surface area contributed by atoms with Crippen LogP contribution in [0.4, 0.5) is 5.69 Å². The third kappa shape index (κ3) is 2.53. The van der Waals surface area contributed by atoms with Crippen LogP contribution in [-0.4, -0.2) is 5.91 Å². The third-order valence-electron chi connectivity index (χ3n) is 3.18. The van der Waals surface area contributed by atoms with Crippen LogP contribution in [0.2, 0.25) is 0 Å². The Balaban J connectivity index is 2.50. The number of nitrogens with two attached hydrogens (primary N) is 1. The lowest BCUT2D eigenvalue weighted by Crippen LogP contribution is -2.24. The van der Waals surface area contributed by atoms with Crippen molar-refractivity contribution >= 4 is 27.5 Å². The van der Waals surface area contributed by atoms with E-state index in [0.29, 0.717) is 12.3 Å². The molecule has 1 unspecified atom stereocenters. The fourth-order valence-corrected chi connectivity index (χ4v) is 2.63. The van der Waals surface area contributed by atoms with E-state index < -0.39 is 0 Å². The van der Waals surface area contributed by atoms with Gasteiger partial charge < -0.3 is 11.1 Å². The molecular formula is C13H17BrN2O. The zero-order valence-electron chi connectivity index (χ0n) is 10.1. The Morgan fingerprint density at radius 3 is 2.71 bits per heavy atom. The number of fused-ring (bicyclic) bond motifs is 1. The Morgan fingerprint density at radius 2 is 2.06 bits per heavy atom. The SMILES string of the molecule is CC(C)C(N)c1cc(Br)cc2c1NC(=O)CC2. The maximum atomic E-state index is 11.5. The molecule has 0 saturated carbocycles. The van der Waals surface area contributed by atoms with Crippen molar-refractivity contribution in [2.75, 3.05) is 5.32 Å². The lowest BCUT2D eigenvalue weighted by molar-refractivity contribution is -0.116. The van der Waals surface area contributed by atoms with Crippen LogP contribution in [0.3, 0.4) is 0 Å². The zero-order valence-corrected chi connectivity index (χ0v) is 11.7. The van der Waals surface area contributed by atoms with E-state index in [4.69, 9.17) is 5.73 Å². The summed E-state index contributed by atoms with van der Waals surface area (Å²) < 4.78 is 1.03. The Morgan fingerprint density at radius 1 is 1.35 bits per heavy atom. The lowest BCUT2D eigenvalue weighted by atomic mass is 9.91. The second-order valence-electron chi connectivity index (χ2n) is 4.85. The summed E-state index contributed by atoms with van der Waals surface area (Å²) in [5.41, 5.74) is 9.32. The first-order chi connectivity index (χ1) is 7.99. The average molecular weight is 297 g/mol. The molecular weight excluding hydrogens is 280 g/mol. The first-order valence-corrected chi connectivity index (χ1v) is 6.66. The zero-order chi connectivity index (χ0) is 12.6. The van der Waals surface area contributed by atoms with E-state index in [1.165, 1.54) is 5.56 Å². The summed E-state index contributed by atoms with van der Waals surface area (Å²) in [5, 5.41) is 2.95. The number of benzene rings is 1. The largest absolute Gasteiger partial charge is 0.326 e. The Bertz CT molecular complexity index is 457. The van der Waals surface area contributed by atoms with Gasteiger partial charge in [-0.1, -0.05) is 29.8 Å². The molecule has 3 nitrogen and oxygen atoms in total. The van der Waals surface area contributed by atoms with Crippen molar-refractivity contribution < 1.29 is 4.79 Å². The first-order valence-electron chi connectivity index (χ1n) is 5.86. The summed E-state index contributed by atoms with van der Waals surface area (Å²) in [4.78, 5) is 11.5. The van der Waals surface area contributed by atoms with E-state index >= 15 is 0 Å². The van der Waals surface area contributed by atoms with Crippen LogP contribution in [0, 0.1) is 5.92 Å². The topological polar surface area (TPSA) is 55.1 Å². The van der Waals surface area contributed by atoms with E-state index in [1.807, 2.05) is 6.07 Å². The fourth-order valence-electron chi connectivity index (χ4n) is 2.11. The molecule has 1 aromatic rings. The number of halogens is 1. The van der Waals surface area contributed by atoms with Gasteiger partial charge in [-0.25, -0.2) is 0 Å². The molecule has 0 radical (unpaired) electrons. The molecule has 0 aromatic heterocycles. The van der Waals surface area contributed by atoms with Gasteiger partial charge in [-0.15, -0.1) is 0 Å². The molecule has 4 heteroatoms. The van der Waals surface area contributed by atoms with Crippen LogP contribution in [0.15, 0.2) is 16.6 Å². The number of nitrogens with one attached hydrogen (secondary N) is 1. The van der Waals surface area contributed by atoms with E-state index in [2.05, 4.69) is 41.2 Å². The minimum absolute atomic E-state index is 0.0559. The average Bonchev–Trinajstić information content (AvgIpc) is 2.27. The number of hydrogen-bond donors (Lipinski definition) is 2. The van der Waals surface area contributed by atoms with Gasteiger partial charge in [-0.2, -0.15) is 0 Å². The molecule has 0 bridgehead atoms. The summed E-state index contributed by atoms with van der Waals surface area (Å²) >= 11 is 3.51. The van der Waals surface area contributed by atoms with Crippen LogP contribution < -0.4 is 11.1 Å². The second-order valence-corrected chi connectivity index (χ2v) is 5.76. The van der Waals surface area contributed by atoms with Gasteiger partial charge in [0.1, 0.15) is 0 Å². The maximum Gasteiger partial charge on any atom is 0.224 e. The highest BCUT2D eigenvalue weighted by molar-refractivity contribution is 9.10. The van der Waals surface area contributed by atoms with E-state index in [-0.39, 0.29) is 11.9 Å². The van der Waals surface area contributed by atoms with Crippen molar-refractivity contribution in [1.29, 1.82) is 0 Å². The molecule has 0 saturated heterocycles.